The third-order valence-electron chi connectivity index (χ3n) is 7.09. The molecular formula is C33H18ClN3O2. The molecule has 39 heavy (non-hydrogen) atoms. The minimum Gasteiger partial charge on any atom is -0.456 e. The van der Waals surface area contributed by atoms with Crippen molar-refractivity contribution >= 4 is 55.5 Å². The van der Waals surface area contributed by atoms with Crippen LogP contribution in [-0.2, 0) is 0 Å². The van der Waals surface area contributed by atoms with Crippen LogP contribution in [0.1, 0.15) is 0 Å². The van der Waals surface area contributed by atoms with Crippen molar-refractivity contribution in [3.05, 3.63) is 114 Å². The summed E-state index contributed by atoms with van der Waals surface area (Å²) in [5.74, 6) is 0.948. The molecule has 0 aliphatic carbocycles. The van der Waals surface area contributed by atoms with E-state index in [1.807, 2.05) is 72.8 Å². The summed E-state index contributed by atoms with van der Waals surface area (Å²) in [7, 11) is 0. The highest BCUT2D eigenvalue weighted by molar-refractivity contribution is 6.28. The van der Waals surface area contributed by atoms with Crippen molar-refractivity contribution in [1.29, 1.82) is 0 Å². The second kappa shape index (κ2) is 8.51. The van der Waals surface area contributed by atoms with Crippen LogP contribution >= 0.6 is 11.6 Å². The Morgan fingerprint density at radius 3 is 1.85 bits per heavy atom. The molecule has 0 fully saturated rings. The van der Waals surface area contributed by atoms with Crippen LogP contribution in [0, 0.1) is 0 Å². The number of para-hydroxylation sites is 2. The van der Waals surface area contributed by atoms with Crippen molar-refractivity contribution < 1.29 is 8.83 Å². The summed E-state index contributed by atoms with van der Waals surface area (Å²) >= 11 is 6.39. The molecule has 8 aromatic rings. The molecule has 8 rings (SSSR count). The Balaban J connectivity index is 1.24. The van der Waals surface area contributed by atoms with E-state index in [2.05, 4.69) is 46.4 Å². The van der Waals surface area contributed by atoms with Gasteiger partial charge in [0.05, 0.1) is 0 Å². The molecule has 5 nitrogen and oxygen atoms in total. The molecule has 3 heterocycles. The predicted molar refractivity (Wildman–Crippen MR) is 156 cm³/mol. The van der Waals surface area contributed by atoms with E-state index < -0.39 is 0 Å². The lowest BCUT2D eigenvalue weighted by molar-refractivity contribution is 0.669. The highest BCUT2D eigenvalue weighted by Crippen LogP contribution is 2.37. The highest BCUT2D eigenvalue weighted by Gasteiger charge is 2.16. The Labute approximate surface area is 227 Å². The summed E-state index contributed by atoms with van der Waals surface area (Å²) in [6, 6.07) is 36.4. The van der Waals surface area contributed by atoms with Crippen LogP contribution in [0.3, 0.4) is 0 Å². The van der Waals surface area contributed by atoms with Crippen LogP contribution < -0.4 is 0 Å². The molecule has 0 aliphatic heterocycles. The fourth-order valence-electron chi connectivity index (χ4n) is 5.26. The van der Waals surface area contributed by atoms with Gasteiger partial charge in [0.1, 0.15) is 22.3 Å². The van der Waals surface area contributed by atoms with Gasteiger partial charge in [0.2, 0.25) is 5.28 Å². The molecule has 0 aliphatic rings. The molecule has 184 valence electrons. The summed E-state index contributed by atoms with van der Waals surface area (Å²) in [5.41, 5.74) is 6.97. The molecular weight excluding hydrogens is 506 g/mol. The molecule has 0 saturated carbocycles. The molecule has 6 heteroatoms. The number of halogens is 1. The monoisotopic (exact) mass is 523 g/mol. The summed E-state index contributed by atoms with van der Waals surface area (Å²) in [5, 5.41) is 4.33. The van der Waals surface area contributed by atoms with E-state index >= 15 is 0 Å². The summed E-state index contributed by atoms with van der Waals surface area (Å²) in [6.45, 7) is 0. The van der Waals surface area contributed by atoms with Gasteiger partial charge in [0.15, 0.2) is 11.6 Å². The molecule has 0 N–H and O–H groups in total. The Bertz CT molecular complexity index is 2200. The first kappa shape index (κ1) is 22.0. The van der Waals surface area contributed by atoms with Crippen LogP contribution in [0.25, 0.3) is 77.8 Å². The zero-order valence-electron chi connectivity index (χ0n) is 20.4. The van der Waals surface area contributed by atoms with E-state index in [0.717, 1.165) is 66.1 Å². The molecule has 0 atom stereocenters. The van der Waals surface area contributed by atoms with Crippen LogP contribution in [-0.4, -0.2) is 15.0 Å². The van der Waals surface area contributed by atoms with Gasteiger partial charge in [-0.15, -0.1) is 0 Å². The highest BCUT2D eigenvalue weighted by atomic mass is 35.5. The number of fused-ring (bicyclic) bond motifs is 6. The number of benzene rings is 5. The van der Waals surface area contributed by atoms with Gasteiger partial charge in [-0.3, -0.25) is 0 Å². The van der Waals surface area contributed by atoms with Crippen molar-refractivity contribution in [3.63, 3.8) is 0 Å². The second-order valence-corrected chi connectivity index (χ2v) is 9.76. The van der Waals surface area contributed by atoms with Crippen molar-refractivity contribution in [2.45, 2.75) is 0 Å². The summed E-state index contributed by atoms with van der Waals surface area (Å²) in [6.07, 6.45) is 0. The number of furan rings is 2. The van der Waals surface area contributed by atoms with Crippen LogP contribution in [0.4, 0.5) is 0 Å². The lowest BCUT2D eigenvalue weighted by atomic mass is 10.0. The molecule has 0 amide bonds. The van der Waals surface area contributed by atoms with Crippen LogP contribution in [0.15, 0.2) is 118 Å². The maximum atomic E-state index is 6.41. The second-order valence-electron chi connectivity index (χ2n) is 9.42. The molecule has 3 aromatic heterocycles. The minimum atomic E-state index is 0.121. The van der Waals surface area contributed by atoms with E-state index in [-0.39, 0.29) is 5.28 Å². The molecule has 0 unspecified atom stereocenters. The average molecular weight is 524 g/mol. The zero-order chi connectivity index (χ0) is 25.9. The van der Waals surface area contributed by atoms with Crippen LogP contribution in [0.5, 0.6) is 0 Å². The third-order valence-corrected chi connectivity index (χ3v) is 7.26. The molecule has 0 saturated heterocycles. The Hall–Kier alpha value is -5.00. The zero-order valence-corrected chi connectivity index (χ0v) is 21.2. The van der Waals surface area contributed by atoms with Crippen molar-refractivity contribution in [1.82, 2.24) is 15.0 Å². The average Bonchev–Trinajstić information content (AvgIpc) is 3.54. The summed E-state index contributed by atoms with van der Waals surface area (Å²) in [4.78, 5) is 13.6. The van der Waals surface area contributed by atoms with E-state index in [1.54, 1.807) is 0 Å². The van der Waals surface area contributed by atoms with Gasteiger partial charge in [-0.05, 0) is 47.5 Å². The summed E-state index contributed by atoms with van der Waals surface area (Å²) < 4.78 is 12.5. The van der Waals surface area contributed by atoms with E-state index in [9.17, 15) is 0 Å². The topological polar surface area (TPSA) is 65.0 Å². The maximum Gasteiger partial charge on any atom is 0.226 e. The SMILES string of the molecule is Clc1nc(-c2ccc3c(c2)oc2ccccc23)nc(-c2ccc3c(c2)oc2c(-c4ccccc4)cccc23)n1. The Morgan fingerprint density at radius 1 is 0.462 bits per heavy atom. The van der Waals surface area contributed by atoms with E-state index in [0.29, 0.717) is 11.6 Å². The van der Waals surface area contributed by atoms with Crippen molar-refractivity contribution in [2.24, 2.45) is 0 Å². The van der Waals surface area contributed by atoms with Gasteiger partial charge >= 0.3 is 0 Å². The number of nitrogens with zero attached hydrogens (tertiary/aromatic N) is 3. The first-order valence-corrected chi connectivity index (χ1v) is 12.9. The van der Waals surface area contributed by atoms with Crippen LogP contribution in [0.2, 0.25) is 5.28 Å². The van der Waals surface area contributed by atoms with Gasteiger partial charge < -0.3 is 8.83 Å². The predicted octanol–water partition coefficient (Wildman–Crippen LogP) is 9.32. The minimum absolute atomic E-state index is 0.121. The number of rotatable bonds is 3. The number of aromatic nitrogens is 3. The quantitative estimate of drug-likeness (QED) is 0.231. The standard InChI is InChI=1S/C33H18ClN3O2/c34-33-36-31(20-13-15-24-23-9-4-5-12-27(23)38-28(24)17-20)35-32(37-33)21-14-16-25-26-11-6-10-22(19-7-2-1-3-8-19)30(26)39-29(25)18-21/h1-18H. The maximum absolute atomic E-state index is 6.41. The Morgan fingerprint density at radius 2 is 1.08 bits per heavy atom. The normalized spacial score (nSPS) is 11.7. The molecule has 0 bridgehead atoms. The lowest BCUT2D eigenvalue weighted by Crippen LogP contribution is -1.97. The fraction of sp³-hybridized carbons (Fsp3) is 0. The fourth-order valence-corrected chi connectivity index (χ4v) is 5.42. The first-order chi connectivity index (χ1) is 19.2. The number of hydrogen-bond acceptors (Lipinski definition) is 5. The molecule has 5 aromatic carbocycles. The van der Waals surface area contributed by atoms with E-state index in [4.69, 9.17) is 25.4 Å². The molecule has 0 spiro atoms. The Kier molecular flexibility index (Phi) is 4.81. The van der Waals surface area contributed by atoms with Gasteiger partial charge in [-0.1, -0.05) is 78.9 Å². The molecule has 0 radical (unpaired) electrons. The lowest BCUT2D eigenvalue weighted by Gasteiger charge is -2.05. The van der Waals surface area contributed by atoms with Gasteiger partial charge in [0, 0.05) is 38.2 Å². The van der Waals surface area contributed by atoms with Crippen molar-refractivity contribution in [2.75, 3.05) is 0 Å². The smallest absolute Gasteiger partial charge is 0.226 e. The first-order valence-electron chi connectivity index (χ1n) is 12.6. The third kappa shape index (κ3) is 3.59. The number of hydrogen-bond donors (Lipinski definition) is 0. The largest absolute Gasteiger partial charge is 0.456 e. The van der Waals surface area contributed by atoms with Gasteiger partial charge in [-0.25, -0.2) is 4.98 Å². The van der Waals surface area contributed by atoms with Crippen molar-refractivity contribution in [3.8, 4) is 33.9 Å². The van der Waals surface area contributed by atoms with Gasteiger partial charge in [-0.2, -0.15) is 9.97 Å². The van der Waals surface area contributed by atoms with E-state index in [1.165, 1.54) is 0 Å². The van der Waals surface area contributed by atoms with Gasteiger partial charge in [0.25, 0.3) is 0 Å².